The van der Waals surface area contributed by atoms with Gasteiger partial charge in [-0.1, -0.05) is 0 Å². The molecular formula is C16H18F2N4O2S. The van der Waals surface area contributed by atoms with Gasteiger partial charge in [0.15, 0.2) is 0 Å². The summed E-state index contributed by atoms with van der Waals surface area (Å²) in [5.74, 6) is -1.33. The predicted molar refractivity (Wildman–Crippen MR) is 88.6 cm³/mol. The van der Waals surface area contributed by atoms with E-state index in [1.54, 1.807) is 13.0 Å². The first kappa shape index (κ1) is 17.7. The minimum absolute atomic E-state index is 0.0926. The Morgan fingerprint density at radius 3 is 2.36 bits per heavy atom. The highest BCUT2D eigenvalue weighted by Crippen LogP contribution is 2.17. The van der Waals surface area contributed by atoms with Gasteiger partial charge in [-0.25, -0.2) is 31.9 Å². The number of halogens is 2. The summed E-state index contributed by atoms with van der Waals surface area (Å²) in [6, 6.07) is 3.84. The summed E-state index contributed by atoms with van der Waals surface area (Å²) in [7, 11) is -4.05. The SMILES string of the molecule is Cc1cc(CNS(=O)(=O)c2cc(F)cc(F)c2)nc(N2CCCC2)n1. The van der Waals surface area contributed by atoms with E-state index in [9.17, 15) is 17.2 Å². The normalized spacial score (nSPS) is 14.9. The molecule has 1 aromatic heterocycles. The summed E-state index contributed by atoms with van der Waals surface area (Å²) in [5.41, 5.74) is 1.22. The Morgan fingerprint density at radius 2 is 1.72 bits per heavy atom. The zero-order chi connectivity index (χ0) is 18.0. The van der Waals surface area contributed by atoms with Gasteiger partial charge >= 0.3 is 0 Å². The predicted octanol–water partition coefficient (Wildman–Crippen LogP) is 2.14. The van der Waals surface area contributed by atoms with E-state index in [0.717, 1.165) is 43.8 Å². The van der Waals surface area contributed by atoms with Crippen LogP contribution in [0.5, 0.6) is 0 Å². The Balaban J connectivity index is 1.78. The highest BCUT2D eigenvalue weighted by atomic mass is 32.2. The second-order valence-electron chi connectivity index (χ2n) is 5.92. The van der Waals surface area contributed by atoms with Crippen molar-refractivity contribution >= 4 is 16.0 Å². The molecule has 0 unspecified atom stereocenters. The minimum Gasteiger partial charge on any atom is -0.341 e. The van der Waals surface area contributed by atoms with E-state index >= 15 is 0 Å². The number of aryl methyl sites for hydroxylation is 1. The molecule has 6 nitrogen and oxygen atoms in total. The molecule has 3 rings (SSSR count). The van der Waals surface area contributed by atoms with Gasteiger partial charge < -0.3 is 4.90 Å². The van der Waals surface area contributed by atoms with E-state index in [0.29, 0.717) is 17.7 Å². The molecule has 1 aliphatic rings. The molecule has 0 bridgehead atoms. The van der Waals surface area contributed by atoms with Crippen LogP contribution in [-0.2, 0) is 16.6 Å². The van der Waals surface area contributed by atoms with Crippen molar-refractivity contribution in [3.05, 3.63) is 47.3 Å². The number of hydrogen-bond donors (Lipinski definition) is 1. The molecule has 0 atom stereocenters. The number of anilines is 1. The number of hydrogen-bond acceptors (Lipinski definition) is 5. The molecule has 9 heteroatoms. The van der Waals surface area contributed by atoms with Gasteiger partial charge in [-0.3, -0.25) is 0 Å². The monoisotopic (exact) mass is 368 g/mol. The van der Waals surface area contributed by atoms with Crippen LogP contribution in [0, 0.1) is 18.6 Å². The fourth-order valence-corrected chi connectivity index (χ4v) is 3.74. The maximum Gasteiger partial charge on any atom is 0.241 e. The number of aromatic nitrogens is 2. The van der Waals surface area contributed by atoms with Gasteiger partial charge in [-0.15, -0.1) is 0 Å². The van der Waals surface area contributed by atoms with Gasteiger partial charge in [0.2, 0.25) is 16.0 Å². The Hall–Kier alpha value is -2.13. The van der Waals surface area contributed by atoms with Gasteiger partial charge in [0, 0.05) is 24.8 Å². The highest BCUT2D eigenvalue weighted by molar-refractivity contribution is 7.89. The standard InChI is InChI=1S/C16H18F2N4O2S/c1-11-6-14(21-16(20-11)22-4-2-3-5-22)10-19-25(23,24)15-8-12(17)7-13(18)9-15/h6-9,19H,2-5,10H2,1H3. The van der Waals surface area contributed by atoms with Crippen molar-refractivity contribution in [1.82, 2.24) is 14.7 Å². The molecule has 0 radical (unpaired) electrons. The molecule has 1 N–H and O–H groups in total. The van der Waals surface area contributed by atoms with Crippen molar-refractivity contribution < 1.29 is 17.2 Å². The first-order valence-corrected chi connectivity index (χ1v) is 9.37. The molecule has 1 fully saturated rings. The number of rotatable bonds is 5. The van der Waals surface area contributed by atoms with Crippen LogP contribution in [0.2, 0.25) is 0 Å². The quantitative estimate of drug-likeness (QED) is 0.875. The lowest BCUT2D eigenvalue weighted by molar-refractivity contribution is 0.560. The molecule has 134 valence electrons. The van der Waals surface area contributed by atoms with Crippen LogP contribution in [0.3, 0.4) is 0 Å². The zero-order valence-electron chi connectivity index (χ0n) is 13.7. The number of nitrogens with zero attached hydrogens (tertiary/aromatic N) is 3. The van der Waals surface area contributed by atoms with Crippen molar-refractivity contribution in [3.8, 4) is 0 Å². The van der Waals surface area contributed by atoms with Crippen molar-refractivity contribution in [3.63, 3.8) is 0 Å². The lowest BCUT2D eigenvalue weighted by atomic mass is 10.3. The summed E-state index contributed by atoms with van der Waals surface area (Å²) in [6.45, 7) is 3.46. The zero-order valence-corrected chi connectivity index (χ0v) is 14.5. The lowest BCUT2D eigenvalue weighted by Crippen LogP contribution is -2.26. The molecule has 0 saturated carbocycles. The molecule has 25 heavy (non-hydrogen) atoms. The fraction of sp³-hybridized carbons (Fsp3) is 0.375. The smallest absolute Gasteiger partial charge is 0.241 e. The Kier molecular flexibility index (Phi) is 4.96. The average molecular weight is 368 g/mol. The van der Waals surface area contributed by atoms with Gasteiger partial charge in [0.1, 0.15) is 11.6 Å². The van der Waals surface area contributed by atoms with Crippen molar-refractivity contribution in [2.45, 2.75) is 31.2 Å². The van der Waals surface area contributed by atoms with Crippen molar-refractivity contribution in [2.24, 2.45) is 0 Å². The number of sulfonamides is 1. The molecule has 2 heterocycles. The van der Waals surface area contributed by atoms with E-state index < -0.39 is 26.6 Å². The third kappa shape index (κ3) is 4.29. The Labute approximate surface area is 145 Å². The van der Waals surface area contributed by atoms with E-state index in [2.05, 4.69) is 14.7 Å². The van der Waals surface area contributed by atoms with Crippen LogP contribution in [0.25, 0.3) is 0 Å². The maximum absolute atomic E-state index is 13.2. The van der Waals surface area contributed by atoms with Gasteiger partial charge in [0.05, 0.1) is 17.1 Å². The Morgan fingerprint density at radius 1 is 1.08 bits per heavy atom. The number of benzene rings is 1. The summed E-state index contributed by atoms with van der Waals surface area (Å²) in [6.07, 6.45) is 2.15. The number of nitrogens with one attached hydrogen (secondary N) is 1. The summed E-state index contributed by atoms with van der Waals surface area (Å²) < 4.78 is 53.3. The minimum atomic E-state index is -4.05. The molecule has 0 spiro atoms. The summed E-state index contributed by atoms with van der Waals surface area (Å²) in [5, 5.41) is 0. The van der Waals surface area contributed by atoms with E-state index in [4.69, 9.17) is 0 Å². The van der Waals surface area contributed by atoms with Gasteiger partial charge in [0.25, 0.3) is 0 Å². The molecular weight excluding hydrogens is 350 g/mol. The first-order valence-electron chi connectivity index (χ1n) is 7.89. The Bertz CT molecular complexity index is 863. The largest absolute Gasteiger partial charge is 0.341 e. The van der Waals surface area contributed by atoms with E-state index in [1.807, 2.05) is 4.90 Å². The van der Waals surface area contributed by atoms with Crippen LogP contribution in [0.4, 0.5) is 14.7 Å². The highest BCUT2D eigenvalue weighted by Gasteiger charge is 2.19. The average Bonchev–Trinajstić information content (AvgIpc) is 3.06. The molecule has 0 aliphatic carbocycles. The van der Waals surface area contributed by atoms with Crippen molar-refractivity contribution in [2.75, 3.05) is 18.0 Å². The topological polar surface area (TPSA) is 75.2 Å². The van der Waals surface area contributed by atoms with Crippen LogP contribution in [0.1, 0.15) is 24.2 Å². The molecule has 1 aromatic carbocycles. The third-order valence-electron chi connectivity index (χ3n) is 3.87. The molecule has 1 saturated heterocycles. The van der Waals surface area contributed by atoms with Crippen LogP contribution in [-0.4, -0.2) is 31.5 Å². The fourth-order valence-electron chi connectivity index (χ4n) is 2.70. The molecule has 0 amide bonds. The van der Waals surface area contributed by atoms with Crippen LogP contribution < -0.4 is 9.62 Å². The second-order valence-corrected chi connectivity index (χ2v) is 7.69. The summed E-state index contributed by atoms with van der Waals surface area (Å²) in [4.78, 5) is 10.4. The molecule has 1 aliphatic heterocycles. The van der Waals surface area contributed by atoms with Gasteiger partial charge in [-0.2, -0.15) is 0 Å². The van der Waals surface area contributed by atoms with E-state index in [1.165, 1.54) is 0 Å². The van der Waals surface area contributed by atoms with Crippen molar-refractivity contribution in [1.29, 1.82) is 0 Å². The third-order valence-corrected chi connectivity index (χ3v) is 5.25. The maximum atomic E-state index is 13.2. The van der Waals surface area contributed by atoms with Gasteiger partial charge in [-0.05, 0) is 38.0 Å². The second kappa shape index (κ2) is 7.01. The lowest BCUT2D eigenvalue weighted by Gasteiger charge is -2.16. The molecule has 2 aromatic rings. The first-order chi connectivity index (χ1) is 11.8. The van der Waals surface area contributed by atoms with E-state index in [-0.39, 0.29) is 6.54 Å². The summed E-state index contributed by atoms with van der Waals surface area (Å²) >= 11 is 0. The van der Waals surface area contributed by atoms with Crippen LogP contribution in [0.15, 0.2) is 29.2 Å². The van der Waals surface area contributed by atoms with Crippen LogP contribution >= 0.6 is 0 Å².